The van der Waals surface area contributed by atoms with Gasteiger partial charge in [0.1, 0.15) is 10.5 Å². The molecule has 1 aliphatic carbocycles. The molecule has 29 heavy (non-hydrogen) atoms. The SMILES string of the molecule is N=c1ccc2c(-c3ccccc3C(=O)O)c3ccc(N)cc3oc-2c1S(N)(=O)=O. The number of primary sulfonamides is 1. The molecule has 0 bridgehead atoms. The number of carbonyl (C=O) groups is 1. The van der Waals surface area contributed by atoms with Gasteiger partial charge in [-0.2, -0.15) is 0 Å². The first kappa shape index (κ1) is 18.7. The smallest absolute Gasteiger partial charge is 0.336 e. The monoisotopic (exact) mass is 409 g/mol. The van der Waals surface area contributed by atoms with Crippen molar-refractivity contribution in [2.45, 2.75) is 4.90 Å². The van der Waals surface area contributed by atoms with Crippen LogP contribution in [0.4, 0.5) is 5.69 Å². The van der Waals surface area contributed by atoms with Crippen molar-refractivity contribution in [2.24, 2.45) is 5.14 Å². The van der Waals surface area contributed by atoms with Gasteiger partial charge < -0.3 is 15.3 Å². The van der Waals surface area contributed by atoms with Crippen LogP contribution in [0.5, 0.6) is 0 Å². The Kier molecular flexibility index (Phi) is 4.14. The van der Waals surface area contributed by atoms with Crippen molar-refractivity contribution in [3.63, 3.8) is 0 Å². The quantitative estimate of drug-likeness (QED) is 0.300. The largest absolute Gasteiger partial charge is 0.478 e. The Labute approximate surface area is 164 Å². The molecule has 4 rings (SSSR count). The summed E-state index contributed by atoms with van der Waals surface area (Å²) in [5.41, 5.74) is 7.63. The maximum atomic E-state index is 12.2. The molecule has 6 N–H and O–H groups in total. The molecule has 1 heterocycles. The number of hydrogen-bond donors (Lipinski definition) is 4. The van der Waals surface area contributed by atoms with Crippen LogP contribution in [-0.2, 0) is 10.0 Å². The highest BCUT2D eigenvalue weighted by Gasteiger charge is 2.27. The summed E-state index contributed by atoms with van der Waals surface area (Å²) in [7, 11) is -4.29. The van der Waals surface area contributed by atoms with Gasteiger partial charge in [-0.25, -0.2) is 18.4 Å². The lowest BCUT2D eigenvalue weighted by Gasteiger charge is -2.18. The summed E-state index contributed by atoms with van der Waals surface area (Å²) in [5, 5.41) is 23.2. The van der Waals surface area contributed by atoms with Crippen LogP contribution in [0.25, 0.3) is 33.4 Å². The van der Waals surface area contributed by atoms with E-state index in [0.29, 0.717) is 27.8 Å². The van der Waals surface area contributed by atoms with E-state index in [2.05, 4.69) is 0 Å². The summed E-state index contributed by atoms with van der Waals surface area (Å²) in [6, 6.07) is 14.0. The summed E-state index contributed by atoms with van der Waals surface area (Å²) in [6.07, 6.45) is 0. The first-order valence-electron chi connectivity index (χ1n) is 8.37. The van der Waals surface area contributed by atoms with Gasteiger partial charge in [-0.3, -0.25) is 5.41 Å². The van der Waals surface area contributed by atoms with Crippen LogP contribution in [0.1, 0.15) is 10.4 Å². The highest BCUT2D eigenvalue weighted by Crippen LogP contribution is 2.43. The summed E-state index contributed by atoms with van der Waals surface area (Å²) in [5.74, 6) is -1.27. The topological polar surface area (TPSA) is 160 Å². The Bertz CT molecular complexity index is 1440. The second-order valence-electron chi connectivity index (χ2n) is 6.45. The normalized spacial score (nSPS) is 11.8. The second kappa shape index (κ2) is 6.43. The predicted octanol–water partition coefficient (Wildman–Crippen LogP) is 2.61. The third kappa shape index (κ3) is 3.02. The number of nitrogen functional groups attached to an aromatic ring is 1. The van der Waals surface area contributed by atoms with Gasteiger partial charge in [0.2, 0.25) is 10.0 Å². The molecule has 2 aliphatic rings. The number of anilines is 1. The summed E-state index contributed by atoms with van der Waals surface area (Å²) < 4.78 is 30.2. The van der Waals surface area contributed by atoms with Gasteiger partial charge in [0, 0.05) is 28.3 Å². The van der Waals surface area contributed by atoms with E-state index < -0.39 is 20.9 Å². The zero-order chi connectivity index (χ0) is 20.9. The molecule has 146 valence electrons. The van der Waals surface area contributed by atoms with E-state index in [1.54, 1.807) is 30.3 Å². The van der Waals surface area contributed by atoms with E-state index in [-0.39, 0.29) is 22.3 Å². The van der Waals surface area contributed by atoms with E-state index in [0.717, 1.165) is 0 Å². The molecule has 0 fully saturated rings. The van der Waals surface area contributed by atoms with Crippen LogP contribution >= 0.6 is 0 Å². The Balaban J connectivity index is 2.29. The molecule has 9 heteroatoms. The highest BCUT2D eigenvalue weighted by atomic mass is 32.2. The van der Waals surface area contributed by atoms with Gasteiger partial charge >= 0.3 is 5.97 Å². The Morgan fingerprint density at radius 1 is 1.03 bits per heavy atom. The fourth-order valence-corrected chi connectivity index (χ4v) is 4.19. The molecule has 2 aromatic rings. The van der Waals surface area contributed by atoms with Crippen molar-refractivity contribution in [2.75, 3.05) is 5.73 Å². The van der Waals surface area contributed by atoms with E-state index >= 15 is 0 Å². The minimum atomic E-state index is -4.29. The maximum Gasteiger partial charge on any atom is 0.336 e. The standard InChI is InChI=1S/C20H15N3O5S/c21-10-5-6-13-16(9-10)28-18-14(7-8-15(22)19(18)29(23,26)27)17(13)11-3-1-2-4-12(11)20(24)25/h1-9,22H,21H2,(H,24,25)(H2,23,26,27). The molecule has 0 spiro atoms. The van der Waals surface area contributed by atoms with Crippen LogP contribution in [0.2, 0.25) is 0 Å². The zero-order valence-corrected chi connectivity index (χ0v) is 15.7. The number of fused-ring (bicyclic) bond motifs is 2. The molecule has 0 atom stereocenters. The number of aromatic carboxylic acids is 1. The number of rotatable bonds is 3. The number of nitrogens with two attached hydrogens (primary N) is 2. The van der Waals surface area contributed by atoms with Gasteiger partial charge in [0.25, 0.3) is 0 Å². The van der Waals surface area contributed by atoms with Crippen molar-refractivity contribution in [3.8, 4) is 22.5 Å². The number of sulfonamides is 1. The molecule has 0 amide bonds. The van der Waals surface area contributed by atoms with Gasteiger partial charge in [-0.05, 0) is 35.9 Å². The molecular weight excluding hydrogens is 394 g/mol. The third-order valence-electron chi connectivity index (χ3n) is 4.58. The van der Waals surface area contributed by atoms with Gasteiger partial charge in [-0.1, -0.05) is 18.2 Å². The average Bonchev–Trinajstić information content (AvgIpc) is 2.64. The molecular formula is C20H15N3O5S. The number of hydrogen-bond acceptors (Lipinski definition) is 6. The lowest BCUT2D eigenvalue weighted by Crippen LogP contribution is -2.23. The molecule has 0 aromatic heterocycles. The van der Waals surface area contributed by atoms with Crippen molar-refractivity contribution >= 4 is 32.6 Å². The Hall–Kier alpha value is -3.69. The molecule has 0 saturated carbocycles. The Morgan fingerprint density at radius 2 is 1.76 bits per heavy atom. The van der Waals surface area contributed by atoms with Gasteiger partial charge in [0.05, 0.1) is 10.9 Å². The summed E-state index contributed by atoms with van der Waals surface area (Å²) in [4.78, 5) is 11.3. The molecule has 8 nitrogen and oxygen atoms in total. The Morgan fingerprint density at radius 3 is 2.45 bits per heavy atom. The molecule has 0 radical (unpaired) electrons. The summed E-state index contributed by atoms with van der Waals surface area (Å²) in [6.45, 7) is 0. The van der Waals surface area contributed by atoms with E-state index in [9.17, 15) is 18.3 Å². The first-order valence-corrected chi connectivity index (χ1v) is 9.92. The number of benzene rings is 3. The van der Waals surface area contributed by atoms with Crippen LogP contribution in [0.15, 0.2) is 63.9 Å². The van der Waals surface area contributed by atoms with Gasteiger partial charge in [-0.15, -0.1) is 0 Å². The van der Waals surface area contributed by atoms with Crippen molar-refractivity contribution in [1.82, 2.24) is 0 Å². The first-order chi connectivity index (χ1) is 13.7. The number of carboxylic acids is 1. The molecule has 0 unspecified atom stereocenters. The van der Waals surface area contributed by atoms with Crippen molar-refractivity contribution < 1.29 is 22.7 Å². The van der Waals surface area contributed by atoms with E-state index in [1.807, 2.05) is 0 Å². The van der Waals surface area contributed by atoms with Gasteiger partial charge in [0.15, 0.2) is 5.76 Å². The van der Waals surface area contributed by atoms with E-state index in [4.69, 9.17) is 20.7 Å². The lowest BCUT2D eigenvalue weighted by atomic mass is 9.90. The lowest BCUT2D eigenvalue weighted by molar-refractivity contribution is 0.0697. The minimum absolute atomic E-state index is 0.0326. The highest BCUT2D eigenvalue weighted by molar-refractivity contribution is 7.89. The number of nitrogens with one attached hydrogen (secondary N) is 1. The van der Waals surface area contributed by atoms with E-state index in [1.165, 1.54) is 24.3 Å². The molecule has 0 saturated heterocycles. The van der Waals surface area contributed by atoms with Crippen molar-refractivity contribution in [3.05, 3.63) is 65.5 Å². The predicted molar refractivity (Wildman–Crippen MR) is 107 cm³/mol. The average molecular weight is 409 g/mol. The summed E-state index contributed by atoms with van der Waals surface area (Å²) >= 11 is 0. The minimum Gasteiger partial charge on any atom is -0.478 e. The molecule has 2 aromatic carbocycles. The third-order valence-corrected chi connectivity index (χ3v) is 5.55. The molecule has 1 aliphatic heterocycles. The van der Waals surface area contributed by atoms with Crippen LogP contribution in [0, 0.1) is 5.41 Å². The van der Waals surface area contributed by atoms with Crippen LogP contribution in [0.3, 0.4) is 0 Å². The van der Waals surface area contributed by atoms with Crippen LogP contribution in [-0.4, -0.2) is 19.5 Å². The zero-order valence-electron chi connectivity index (χ0n) is 14.8. The second-order valence-corrected chi connectivity index (χ2v) is 7.95. The maximum absolute atomic E-state index is 12.2. The number of carboxylic acid groups (broad SMARTS) is 1. The van der Waals surface area contributed by atoms with Crippen molar-refractivity contribution in [1.29, 1.82) is 5.41 Å². The fraction of sp³-hybridized carbons (Fsp3) is 0. The fourth-order valence-electron chi connectivity index (χ4n) is 3.41. The van der Waals surface area contributed by atoms with Crippen LogP contribution < -0.4 is 16.2 Å².